The molecule has 30 heavy (non-hydrogen) atoms. The predicted octanol–water partition coefficient (Wildman–Crippen LogP) is 4.18. The number of ketones is 1. The molecule has 8 nitrogen and oxygen atoms in total. The highest BCUT2D eigenvalue weighted by Gasteiger charge is 2.27. The van der Waals surface area contributed by atoms with Crippen LogP contribution in [-0.4, -0.2) is 34.1 Å². The Morgan fingerprint density at radius 1 is 1.23 bits per heavy atom. The summed E-state index contributed by atoms with van der Waals surface area (Å²) in [4.78, 5) is 37.4. The first kappa shape index (κ1) is 21.5. The van der Waals surface area contributed by atoms with Crippen molar-refractivity contribution in [1.82, 2.24) is 9.72 Å². The summed E-state index contributed by atoms with van der Waals surface area (Å²) < 4.78 is 12.2. The fourth-order valence-electron chi connectivity index (χ4n) is 2.83. The molecule has 0 saturated heterocycles. The number of nitrogens with zero attached hydrogens (tertiary/aromatic N) is 2. The van der Waals surface area contributed by atoms with Gasteiger partial charge >= 0.3 is 12.0 Å². The molecule has 0 unspecified atom stereocenters. The lowest BCUT2D eigenvalue weighted by Crippen LogP contribution is -2.24. The van der Waals surface area contributed by atoms with Crippen LogP contribution in [0.25, 0.3) is 11.3 Å². The van der Waals surface area contributed by atoms with E-state index in [0.717, 1.165) is 9.04 Å². The number of amides is 1. The molecule has 2 N–H and O–H groups in total. The Hall–Kier alpha value is -3.20. The Kier molecular flexibility index (Phi) is 6.21. The lowest BCUT2D eigenvalue weighted by atomic mass is 10.00. The smallest absolute Gasteiger partial charge is 0.355 e. The number of aromatic nitrogens is 2. The summed E-state index contributed by atoms with van der Waals surface area (Å²) in [7, 11) is 0. The fraction of sp³-hybridized carbons (Fsp3) is 0.238. The van der Waals surface area contributed by atoms with Gasteiger partial charge in [0.2, 0.25) is 0 Å². The van der Waals surface area contributed by atoms with Gasteiger partial charge in [-0.1, -0.05) is 47.1 Å². The summed E-state index contributed by atoms with van der Waals surface area (Å²) in [6, 6.07) is 7.61. The molecule has 3 aromatic rings. The van der Waals surface area contributed by atoms with E-state index in [1.165, 1.54) is 12.3 Å². The quantitative estimate of drug-likeness (QED) is 0.423. The third kappa shape index (κ3) is 4.35. The minimum absolute atomic E-state index is 0.0926. The van der Waals surface area contributed by atoms with Crippen LogP contribution < -0.4 is 5.73 Å². The van der Waals surface area contributed by atoms with Gasteiger partial charge in [0, 0.05) is 21.8 Å². The molecule has 0 aliphatic carbocycles. The summed E-state index contributed by atoms with van der Waals surface area (Å²) in [6.45, 7) is 5.55. The average Bonchev–Trinajstić information content (AvgIpc) is 3.30. The second-order valence-corrected chi connectivity index (χ2v) is 8.03. The van der Waals surface area contributed by atoms with Crippen molar-refractivity contribution in [3.05, 3.63) is 63.6 Å². The van der Waals surface area contributed by atoms with Crippen LogP contribution in [0.5, 0.6) is 0 Å². The molecule has 156 valence electrons. The third-order valence-electron chi connectivity index (χ3n) is 4.28. The number of halogens is 1. The molecular weight excluding hydrogens is 454 g/mol. The van der Waals surface area contributed by atoms with Crippen LogP contribution in [0.1, 0.15) is 46.0 Å². The van der Waals surface area contributed by atoms with Gasteiger partial charge in [-0.3, -0.25) is 9.36 Å². The molecule has 3 rings (SSSR count). The number of aryl methyl sites for hydroxylation is 1. The van der Waals surface area contributed by atoms with E-state index in [4.69, 9.17) is 15.0 Å². The highest BCUT2D eigenvalue weighted by molar-refractivity contribution is 9.10. The van der Waals surface area contributed by atoms with Gasteiger partial charge in [0.25, 0.3) is 0 Å². The predicted molar refractivity (Wildman–Crippen MR) is 112 cm³/mol. The second-order valence-electron chi connectivity index (χ2n) is 7.11. The number of rotatable bonds is 6. The van der Waals surface area contributed by atoms with Crippen LogP contribution in [0.15, 0.2) is 45.5 Å². The number of carbonyl (C=O) groups is 3. The molecule has 9 heteroatoms. The lowest BCUT2D eigenvalue weighted by molar-refractivity contribution is 0.0448. The summed E-state index contributed by atoms with van der Waals surface area (Å²) in [6.07, 6.45) is 1.22. The number of ether oxygens (including phenoxy) is 1. The van der Waals surface area contributed by atoms with E-state index in [0.29, 0.717) is 17.0 Å². The van der Waals surface area contributed by atoms with Crippen molar-refractivity contribution in [3.8, 4) is 11.3 Å². The van der Waals surface area contributed by atoms with Crippen LogP contribution in [0.2, 0.25) is 0 Å². The molecular formula is C21H20BrN3O5. The van der Waals surface area contributed by atoms with Gasteiger partial charge in [0.15, 0.2) is 5.78 Å². The van der Waals surface area contributed by atoms with E-state index in [1.807, 2.05) is 26.0 Å². The monoisotopic (exact) mass is 473 g/mol. The van der Waals surface area contributed by atoms with Crippen LogP contribution in [-0.2, 0) is 4.74 Å². The topological polar surface area (TPSA) is 117 Å². The number of nitrogens with two attached hydrogens (primary N) is 1. The van der Waals surface area contributed by atoms with Crippen LogP contribution in [0, 0.1) is 12.8 Å². The first-order chi connectivity index (χ1) is 14.2. The first-order valence-corrected chi connectivity index (χ1v) is 9.94. The van der Waals surface area contributed by atoms with Crippen LogP contribution in [0.4, 0.5) is 4.79 Å². The zero-order valence-electron chi connectivity index (χ0n) is 16.6. The van der Waals surface area contributed by atoms with Gasteiger partial charge in [-0.05, 0) is 31.0 Å². The van der Waals surface area contributed by atoms with E-state index >= 15 is 0 Å². The van der Waals surface area contributed by atoms with E-state index in [-0.39, 0.29) is 29.3 Å². The van der Waals surface area contributed by atoms with Crippen molar-refractivity contribution < 1.29 is 23.6 Å². The molecule has 0 bridgehead atoms. The minimum atomic E-state index is -0.902. The Balaban J connectivity index is 2.01. The molecule has 1 aromatic carbocycles. The average molecular weight is 474 g/mol. The molecule has 0 atom stereocenters. The molecule has 0 spiro atoms. The Bertz CT molecular complexity index is 1110. The number of hydrogen-bond donors (Lipinski definition) is 1. The SMILES string of the molecule is Cc1onc(-c2ccc(Br)cc2)c1C(=O)c1cc(C(=O)OCC(C)C)n(C(N)=O)c1. The van der Waals surface area contributed by atoms with Gasteiger partial charge in [0.05, 0.1) is 12.2 Å². The third-order valence-corrected chi connectivity index (χ3v) is 4.81. The Morgan fingerprint density at radius 2 is 1.90 bits per heavy atom. The number of carbonyl (C=O) groups excluding carboxylic acids is 3. The molecule has 0 saturated carbocycles. The zero-order valence-corrected chi connectivity index (χ0v) is 18.2. The van der Waals surface area contributed by atoms with Crippen LogP contribution >= 0.6 is 15.9 Å². The molecule has 0 radical (unpaired) electrons. The fourth-order valence-corrected chi connectivity index (χ4v) is 3.10. The molecule has 0 aliphatic heterocycles. The summed E-state index contributed by atoms with van der Waals surface area (Å²) >= 11 is 3.37. The molecule has 0 aliphatic rings. The molecule has 1 amide bonds. The standard InChI is InChI=1S/C21H20BrN3O5/c1-11(2)10-29-20(27)16-8-14(9-25(16)21(23)28)19(26)17-12(3)30-24-18(17)13-4-6-15(22)7-5-13/h4-9,11H,10H2,1-3H3,(H2,23,28). The molecule has 2 aromatic heterocycles. The van der Waals surface area contributed by atoms with E-state index < -0.39 is 17.8 Å². The number of hydrogen-bond acceptors (Lipinski definition) is 6. The number of benzene rings is 1. The highest BCUT2D eigenvalue weighted by atomic mass is 79.9. The summed E-state index contributed by atoms with van der Waals surface area (Å²) in [5, 5.41) is 4.01. The maximum atomic E-state index is 13.2. The number of esters is 1. The van der Waals surface area contributed by atoms with E-state index in [1.54, 1.807) is 19.1 Å². The van der Waals surface area contributed by atoms with Gasteiger partial charge < -0.3 is 15.0 Å². The maximum Gasteiger partial charge on any atom is 0.355 e. The van der Waals surface area contributed by atoms with Crippen molar-refractivity contribution in [3.63, 3.8) is 0 Å². The van der Waals surface area contributed by atoms with Crippen molar-refractivity contribution in [2.24, 2.45) is 11.7 Å². The largest absolute Gasteiger partial charge is 0.461 e. The normalized spacial score (nSPS) is 11.0. The van der Waals surface area contributed by atoms with E-state index in [9.17, 15) is 14.4 Å². The second kappa shape index (κ2) is 8.66. The van der Waals surface area contributed by atoms with Crippen molar-refractivity contribution in [1.29, 1.82) is 0 Å². The van der Waals surface area contributed by atoms with Gasteiger partial charge in [0.1, 0.15) is 17.1 Å². The van der Waals surface area contributed by atoms with Crippen molar-refractivity contribution >= 4 is 33.7 Å². The van der Waals surface area contributed by atoms with Crippen molar-refractivity contribution in [2.45, 2.75) is 20.8 Å². The van der Waals surface area contributed by atoms with Gasteiger partial charge in [-0.2, -0.15) is 0 Å². The van der Waals surface area contributed by atoms with Crippen LogP contribution in [0.3, 0.4) is 0 Å². The molecule has 2 heterocycles. The minimum Gasteiger partial charge on any atom is -0.461 e. The lowest BCUT2D eigenvalue weighted by Gasteiger charge is -2.07. The molecule has 0 fully saturated rings. The number of primary amides is 1. The van der Waals surface area contributed by atoms with Crippen molar-refractivity contribution in [2.75, 3.05) is 6.61 Å². The summed E-state index contributed by atoms with van der Waals surface area (Å²) in [5.41, 5.74) is 6.63. The first-order valence-electron chi connectivity index (χ1n) is 9.15. The summed E-state index contributed by atoms with van der Waals surface area (Å²) in [5.74, 6) is -0.768. The van der Waals surface area contributed by atoms with Gasteiger partial charge in [-0.15, -0.1) is 0 Å². The highest BCUT2D eigenvalue weighted by Crippen LogP contribution is 2.29. The zero-order chi connectivity index (χ0) is 22.0. The van der Waals surface area contributed by atoms with Gasteiger partial charge in [-0.25, -0.2) is 9.59 Å². The Morgan fingerprint density at radius 3 is 2.50 bits per heavy atom. The van der Waals surface area contributed by atoms with E-state index in [2.05, 4.69) is 21.1 Å². The maximum absolute atomic E-state index is 13.2. The Labute approximate surface area is 181 Å².